The molecule has 9 heavy (non-hydrogen) atoms. The third-order valence-corrected chi connectivity index (χ3v) is 2.14. The molecule has 0 spiro atoms. The Morgan fingerprint density at radius 3 is 2.67 bits per heavy atom. The summed E-state index contributed by atoms with van der Waals surface area (Å²) in [6.07, 6.45) is 3.24. The van der Waals surface area contributed by atoms with E-state index in [2.05, 4.69) is 13.5 Å². The van der Waals surface area contributed by atoms with Gasteiger partial charge < -0.3 is 5.11 Å². The fourth-order valence-corrected chi connectivity index (χ4v) is 1.39. The van der Waals surface area contributed by atoms with Crippen molar-refractivity contribution in [2.45, 2.75) is 26.2 Å². The van der Waals surface area contributed by atoms with Gasteiger partial charge in [0.2, 0.25) is 0 Å². The number of rotatable bonds is 1. The van der Waals surface area contributed by atoms with E-state index in [0.717, 1.165) is 19.3 Å². The van der Waals surface area contributed by atoms with Gasteiger partial charge in [0.25, 0.3) is 0 Å². The van der Waals surface area contributed by atoms with E-state index in [-0.39, 0.29) is 5.41 Å². The van der Waals surface area contributed by atoms with Crippen LogP contribution < -0.4 is 0 Å². The van der Waals surface area contributed by atoms with Crippen LogP contribution in [-0.2, 0) is 0 Å². The molecule has 52 valence electrons. The van der Waals surface area contributed by atoms with Gasteiger partial charge in [-0.1, -0.05) is 19.1 Å². The van der Waals surface area contributed by atoms with Gasteiger partial charge in [-0.2, -0.15) is 0 Å². The number of aliphatic hydroxyl groups is 1. The maximum Gasteiger partial charge on any atom is 0.0487 e. The number of allylic oxidation sites excluding steroid dienone is 1. The summed E-state index contributed by atoms with van der Waals surface area (Å²) in [5.74, 6) is 0. The van der Waals surface area contributed by atoms with Crippen molar-refractivity contribution >= 4 is 0 Å². The van der Waals surface area contributed by atoms with E-state index >= 15 is 0 Å². The molecule has 1 nitrogen and oxygen atoms in total. The minimum atomic E-state index is 0.164. The fourth-order valence-electron chi connectivity index (χ4n) is 1.39. The summed E-state index contributed by atoms with van der Waals surface area (Å²) in [5, 5.41) is 8.90. The molecule has 0 aromatic rings. The van der Waals surface area contributed by atoms with Gasteiger partial charge in [0.15, 0.2) is 0 Å². The van der Waals surface area contributed by atoms with E-state index in [9.17, 15) is 0 Å². The molecule has 0 aromatic carbocycles. The van der Waals surface area contributed by atoms with Crippen molar-refractivity contribution in [2.24, 2.45) is 5.41 Å². The molecule has 1 N–H and O–H groups in total. The van der Waals surface area contributed by atoms with Gasteiger partial charge in [-0.05, 0) is 24.7 Å². The van der Waals surface area contributed by atoms with Gasteiger partial charge in [0, 0.05) is 6.61 Å². The largest absolute Gasteiger partial charge is 0.396 e. The maximum absolute atomic E-state index is 8.90. The molecule has 1 atom stereocenters. The van der Waals surface area contributed by atoms with Crippen molar-refractivity contribution in [2.75, 3.05) is 6.61 Å². The quantitative estimate of drug-likeness (QED) is 0.530. The Morgan fingerprint density at radius 1 is 1.78 bits per heavy atom. The standard InChI is InChI=1S/C8H14O/c1-7-3-4-8(2,5-7)6-9/h9H,1,3-6H2,2H3. The van der Waals surface area contributed by atoms with Crippen molar-refractivity contribution in [1.29, 1.82) is 0 Å². The molecule has 1 rings (SSSR count). The van der Waals surface area contributed by atoms with E-state index in [1.54, 1.807) is 0 Å². The molecule has 0 saturated heterocycles. The second kappa shape index (κ2) is 2.14. The highest BCUT2D eigenvalue weighted by Gasteiger charge is 2.29. The molecule has 1 aliphatic carbocycles. The third kappa shape index (κ3) is 1.33. The van der Waals surface area contributed by atoms with Crippen LogP contribution in [0.5, 0.6) is 0 Å². The SMILES string of the molecule is C=C1CCC(C)(CO)C1. The molecule has 0 amide bonds. The van der Waals surface area contributed by atoms with Crippen LogP contribution >= 0.6 is 0 Å². The first kappa shape index (κ1) is 6.81. The summed E-state index contributed by atoms with van der Waals surface area (Å²) in [6.45, 7) is 6.31. The lowest BCUT2D eigenvalue weighted by Gasteiger charge is -2.18. The van der Waals surface area contributed by atoms with Crippen LogP contribution in [0.25, 0.3) is 0 Å². The van der Waals surface area contributed by atoms with Gasteiger partial charge in [-0.3, -0.25) is 0 Å². The van der Waals surface area contributed by atoms with Crippen LogP contribution in [-0.4, -0.2) is 11.7 Å². The zero-order valence-corrected chi connectivity index (χ0v) is 5.98. The fraction of sp³-hybridized carbons (Fsp3) is 0.750. The lowest BCUT2D eigenvalue weighted by atomic mass is 9.90. The molecule has 0 aliphatic heterocycles. The van der Waals surface area contributed by atoms with Gasteiger partial charge in [0.1, 0.15) is 0 Å². The number of hydrogen-bond acceptors (Lipinski definition) is 1. The van der Waals surface area contributed by atoms with Crippen molar-refractivity contribution in [3.63, 3.8) is 0 Å². The Balaban J connectivity index is 2.54. The zero-order chi connectivity index (χ0) is 6.91. The normalized spacial score (nSPS) is 35.6. The summed E-state index contributed by atoms with van der Waals surface area (Å²) in [6, 6.07) is 0. The molecular weight excluding hydrogens is 112 g/mol. The Hall–Kier alpha value is -0.300. The highest BCUT2D eigenvalue weighted by Crippen LogP contribution is 2.39. The van der Waals surface area contributed by atoms with Crippen molar-refractivity contribution in [3.8, 4) is 0 Å². The van der Waals surface area contributed by atoms with E-state index in [0.29, 0.717) is 6.61 Å². The number of hydrogen-bond donors (Lipinski definition) is 1. The summed E-state index contributed by atoms with van der Waals surface area (Å²) < 4.78 is 0. The Bertz CT molecular complexity index is 129. The third-order valence-electron chi connectivity index (χ3n) is 2.14. The summed E-state index contributed by atoms with van der Waals surface area (Å²) in [4.78, 5) is 0. The van der Waals surface area contributed by atoms with Crippen molar-refractivity contribution in [3.05, 3.63) is 12.2 Å². The average Bonchev–Trinajstić information content (AvgIpc) is 2.13. The van der Waals surface area contributed by atoms with Crippen molar-refractivity contribution < 1.29 is 5.11 Å². The van der Waals surface area contributed by atoms with E-state index < -0.39 is 0 Å². The zero-order valence-electron chi connectivity index (χ0n) is 5.98. The van der Waals surface area contributed by atoms with Crippen molar-refractivity contribution in [1.82, 2.24) is 0 Å². The minimum Gasteiger partial charge on any atom is -0.396 e. The Morgan fingerprint density at radius 2 is 2.44 bits per heavy atom. The first-order chi connectivity index (χ1) is 4.16. The molecular formula is C8H14O. The first-order valence-electron chi connectivity index (χ1n) is 3.44. The summed E-state index contributed by atoms with van der Waals surface area (Å²) in [5.41, 5.74) is 1.46. The van der Waals surface area contributed by atoms with Crippen LogP contribution in [0.4, 0.5) is 0 Å². The highest BCUT2D eigenvalue weighted by atomic mass is 16.3. The van der Waals surface area contributed by atoms with Crippen LogP contribution in [0, 0.1) is 5.41 Å². The molecule has 1 heteroatoms. The van der Waals surface area contributed by atoms with Crippen LogP contribution in [0.1, 0.15) is 26.2 Å². The van der Waals surface area contributed by atoms with Crippen LogP contribution in [0.15, 0.2) is 12.2 Å². The van der Waals surface area contributed by atoms with Gasteiger partial charge in [-0.15, -0.1) is 0 Å². The molecule has 1 unspecified atom stereocenters. The van der Waals surface area contributed by atoms with E-state index in [4.69, 9.17) is 5.11 Å². The first-order valence-corrected chi connectivity index (χ1v) is 3.44. The van der Waals surface area contributed by atoms with Gasteiger partial charge in [-0.25, -0.2) is 0 Å². The molecule has 0 aromatic heterocycles. The maximum atomic E-state index is 8.90. The van der Waals surface area contributed by atoms with Crippen LogP contribution in [0.3, 0.4) is 0 Å². The lowest BCUT2D eigenvalue weighted by Crippen LogP contribution is -2.15. The predicted molar refractivity (Wildman–Crippen MR) is 38.2 cm³/mol. The Kier molecular flexibility index (Phi) is 1.62. The van der Waals surface area contributed by atoms with E-state index in [1.807, 2.05) is 0 Å². The minimum absolute atomic E-state index is 0.164. The molecule has 1 fully saturated rings. The molecule has 0 heterocycles. The average molecular weight is 126 g/mol. The summed E-state index contributed by atoms with van der Waals surface area (Å²) in [7, 11) is 0. The number of aliphatic hydroxyl groups excluding tert-OH is 1. The monoisotopic (exact) mass is 126 g/mol. The molecule has 0 radical (unpaired) electrons. The molecule has 1 aliphatic rings. The second-order valence-electron chi connectivity index (χ2n) is 3.40. The van der Waals surface area contributed by atoms with Crippen LogP contribution in [0.2, 0.25) is 0 Å². The predicted octanol–water partition coefficient (Wildman–Crippen LogP) is 1.73. The molecule has 1 saturated carbocycles. The smallest absolute Gasteiger partial charge is 0.0487 e. The Labute approximate surface area is 56.4 Å². The summed E-state index contributed by atoms with van der Waals surface area (Å²) >= 11 is 0. The van der Waals surface area contributed by atoms with E-state index in [1.165, 1.54) is 5.57 Å². The molecule has 0 bridgehead atoms. The topological polar surface area (TPSA) is 20.2 Å². The van der Waals surface area contributed by atoms with Gasteiger partial charge >= 0.3 is 0 Å². The van der Waals surface area contributed by atoms with Gasteiger partial charge in [0.05, 0.1) is 0 Å². The highest BCUT2D eigenvalue weighted by molar-refractivity contribution is 5.06. The second-order valence-corrected chi connectivity index (χ2v) is 3.40. The lowest BCUT2D eigenvalue weighted by molar-refractivity contribution is 0.151.